The van der Waals surface area contributed by atoms with Crippen molar-refractivity contribution in [1.82, 2.24) is 9.88 Å². The summed E-state index contributed by atoms with van der Waals surface area (Å²) in [5.41, 5.74) is 12.9. The molecule has 1 aliphatic rings. The van der Waals surface area contributed by atoms with E-state index in [-0.39, 0.29) is 0 Å². The Morgan fingerprint density at radius 2 is 1.83 bits per heavy atom. The maximum atomic E-state index is 6.10. The van der Waals surface area contributed by atoms with Crippen molar-refractivity contribution in [3.8, 4) is 5.75 Å². The predicted octanol–water partition coefficient (Wildman–Crippen LogP) is 4.99. The van der Waals surface area contributed by atoms with E-state index in [1.165, 1.54) is 16.7 Å². The molecular weight excluding hydrogens is 358 g/mol. The van der Waals surface area contributed by atoms with Gasteiger partial charge in [-0.3, -0.25) is 9.88 Å². The number of piperidine rings is 1. The number of pyridine rings is 1. The van der Waals surface area contributed by atoms with E-state index in [9.17, 15) is 0 Å². The summed E-state index contributed by atoms with van der Waals surface area (Å²) in [4.78, 5) is 7.07. The lowest BCUT2D eigenvalue weighted by molar-refractivity contribution is 0.200. The molecule has 1 aliphatic heterocycles. The van der Waals surface area contributed by atoms with Crippen molar-refractivity contribution in [3.05, 3.63) is 70.9 Å². The van der Waals surface area contributed by atoms with Gasteiger partial charge >= 0.3 is 0 Å². The molecular formula is C25H29N3O. The summed E-state index contributed by atoms with van der Waals surface area (Å²) >= 11 is 0. The Kier molecular flexibility index (Phi) is 5.81. The minimum Gasteiger partial charge on any atom is -0.492 e. The second kappa shape index (κ2) is 8.66. The van der Waals surface area contributed by atoms with Gasteiger partial charge in [0.15, 0.2) is 0 Å². The van der Waals surface area contributed by atoms with E-state index in [2.05, 4.69) is 35.0 Å². The fraction of sp³-hybridized carbons (Fsp3) is 0.320. The number of benzene rings is 2. The van der Waals surface area contributed by atoms with Crippen LogP contribution in [-0.4, -0.2) is 36.1 Å². The first-order valence-electron chi connectivity index (χ1n) is 10.4. The fourth-order valence-corrected chi connectivity index (χ4v) is 3.90. The smallest absolute Gasteiger partial charge is 0.128 e. The summed E-state index contributed by atoms with van der Waals surface area (Å²) in [6.45, 7) is 7.90. The van der Waals surface area contributed by atoms with Gasteiger partial charge in [-0.1, -0.05) is 29.8 Å². The summed E-state index contributed by atoms with van der Waals surface area (Å²) in [6, 6.07) is 16.4. The van der Waals surface area contributed by atoms with Crippen molar-refractivity contribution in [2.75, 3.05) is 32.0 Å². The first-order valence-corrected chi connectivity index (χ1v) is 10.4. The monoisotopic (exact) mass is 387 g/mol. The van der Waals surface area contributed by atoms with E-state index in [0.29, 0.717) is 6.61 Å². The third kappa shape index (κ3) is 4.60. The molecule has 4 rings (SSSR count). The molecule has 3 aromatic rings. The molecule has 0 aliphatic carbocycles. The van der Waals surface area contributed by atoms with Crippen LogP contribution in [0, 0.1) is 13.8 Å². The molecule has 150 valence electrons. The number of ether oxygens (including phenoxy) is 1. The summed E-state index contributed by atoms with van der Waals surface area (Å²) in [7, 11) is 0. The van der Waals surface area contributed by atoms with Crippen LogP contribution in [0.25, 0.3) is 17.0 Å². The number of aromatic nitrogens is 1. The molecule has 2 N–H and O–H groups in total. The van der Waals surface area contributed by atoms with E-state index < -0.39 is 0 Å². The van der Waals surface area contributed by atoms with Crippen molar-refractivity contribution in [2.24, 2.45) is 0 Å². The molecule has 1 aromatic heterocycles. The molecule has 2 heterocycles. The number of likely N-dealkylation sites (tertiary alicyclic amines) is 1. The number of fused-ring (bicyclic) bond motifs is 1. The Labute approximate surface area is 173 Å². The number of hydrogen-bond donors (Lipinski definition) is 1. The topological polar surface area (TPSA) is 51.4 Å². The average Bonchev–Trinajstić information content (AvgIpc) is 2.72. The average molecular weight is 388 g/mol. The third-order valence-corrected chi connectivity index (χ3v) is 5.77. The Morgan fingerprint density at radius 3 is 2.66 bits per heavy atom. The van der Waals surface area contributed by atoms with Gasteiger partial charge in [-0.25, -0.2) is 0 Å². The number of nitrogens with zero attached hydrogens (tertiary/aromatic N) is 2. The van der Waals surface area contributed by atoms with Gasteiger partial charge in [-0.05, 0) is 68.1 Å². The molecule has 2 aromatic carbocycles. The molecule has 1 fully saturated rings. The number of nitrogen functional groups attached to an aromatic ring is 1. The third-order valence-electron chi connectivity index (χ3n) is 5.77. The highest BCUT2D eigenvalue weighted by molar-refractivity contribution is 5.85. The van der Waals surface area contributed by atoms with Crippen LogP contribution < -0.4 is 10.5 Å². The maximum absolute atomic E-state index is 6.10. The van der Waals surface area contributed by atoms with Crippen LogP contribution in [0.4, 0.5) is 5.69 Å². The minimum atomic E-state index is 0.695. The Bertz CT molecular complexity index is 1030. The van der Waals surface area contributed by atoms with E-state index >= 15 is 0 Å². The Morgan fingerprint density at radius 1 is 1.03 bits per heavy atom. The molecule has 0 amide bonds. The number of nitrogens with two attached hydrogens (primary N) is 1. The quantitative estimate of drug-likeness (QED) is 0.627. The van der Waals surface area contributed by atoms with Crippen LogP contribution >= 0.6 is 0 Å². The molecule has 0 saturated carbocycles. The highest BCUT2D eigenvalue weighted by Gasteiger charge is 2.14. The molecule has 0 unspecified atom stereocenters. The highest BCUT2D eigenvalue weighted by atomic mass is 16.5. The van der Waals surface area contributed by atoms with Gasteiger partial charge in [-0.2, -0.15) is 0 Å². The summed E-state index contributed by atoms with van der Waals surface area (Å²) in [6.07, 6.45) is 4.53. The summed E-state index contributed by atoms with van der Waals surface area (Å²) < 4.78 is 6.10. The molecule has 1 saturated heterocycles. The Hall–Kier alpha value is -2.85. The van der Waals surface area contributed by atoms with Crippen LogP contribution in [0.2, 0.25) is 0 Å². The summed E-state index contributed by atoms with van der Waals surface area (Å²) in [5.74, 6) is 0.921. The molecule has 4 nitrogen and oxygen atoms in total. The van der Waals surface area contributed by atoms with Crippen molar-refractivity contribution >= 4 is 22.7 Å². The zero-order chi connectivity index (χ0) is 20.2. The first-order chi connectivity index (χ1) is 14.1. The van der Waals surface area contributed by atoms with Gasteiger partial charge in [0.2, 0.25) is 0 Å². The van der Waals surface area contributed by atoms with Crippen molar-refractivity contribution in [2.45, 2.75) is 26.7 Å². The molecule has 0 radical (unpaired) electrons. The molecule has 0 atom stereocenters. The SMILES string of the molecule is Cc1ccc2c(OCCN3CCC(=Cc4cccc(N)c4C)CC3)cccc2n1. The van der Waals surface area contributed by atoms with Crippen molar-refractivity contribution in [1.29, 1.82) is 0 Å². The second-order valence-electron chi connectivity index (χ2n) is 7.83. The number of anilines is 1. The van der Waals surface area contributed by atoms with E-state index in [1.807, 2.05) is 43.3 Å². The van der Waals surface area contributed by atoms with Gasteiger partial charge in [0.05, 0.1) is 5.52 Å². The van der Waals surface area contributed by atoms with Crippen LogP contribution in [0.5, 0.6) is 5.75 Å². The maximum Gasteiger partial charge on any atom is 0.128 e. The Balaban J connectivity index is 1.31. The van der Waals surface area contributed by atoms with Crippen molar-refractivity contribution in [3.63, 3.8) is 0 Å². The zero-order valence-electron chi connectivity index (χ0n) is 17.3. The highest BCUT2D eigenvalue weighted by Crippen LogP contribution is 2.25. The van der Waals surface area contributed by atoms with Crippen LogP contribution in [0.3, 0.4) is 0 Å². The van der Waals surface area contributed by atoms with Gasteiger partial charge < -0.3 is 10.5 Å². The number of hydrogen-bond acceptors (Lipinski definition) is 4. The zero-order valence-corrected chi connectivity index (χ0v) is 17.3. The number of aryl methyl sites for hydroxylation is 1. The largest absolute Gasteiger partial charge is 0.492 e. The van der Waals surface area contributed by atoms with Crippen LogP contribution in [0.15, 0.2) is 54.1 Å². The molecule has 0 bridgehead atoms. The minimum absolute atomic E-state index is 0.695. The first kappa shape index (κ1) is 19.5. The predicted molar refractivity (Wildman–Crippen MR) is 121 cm³/mol. The lowest BCUT2D eigenvalue weighted by Gasteiger charge is -2.28. The normalized spacial score (nSPS) is 14.9. The molecule has 4 heteroatoms. The van der Waals surface area contributed by atoms with Crippen LogP contribution in [0.1, 0.15) is 29.7 Å². The van der Waals surface area contributed by atoms with Crippen LogP contribution in [-0.2, 0) is 0 Å². The van der Waals surface area contributed by atoms with E-state index in [0.717, 1.165) is 60.5 Å². The number of rotatable bonds is 5. The van der Waals surface area contributed by atoms with Crippen molar-refractivity contribution < 1.29 is 4.74 Å². The lowest BCUT2D eigenvalue weighted by atomic mass is 9.98. The van der Waals surface area contributed by atoms with Gasteiger partial charge in [-0.15, -0.1) is 0 Å². The van der Waals surface area contributed by atoms with Gasteiger partial charge in [0.1, 0.15) is 12.4 Å². The fourth-order valence-electron chi connectivity index (χ4n) is 3.90. The van der Waals surface area contributed by atoms with E-state index in [1.54, 1.807) is 0 Å². The van der Waals surface area contributed by atoms with E-state index in [4.69, 9.17) is 10.5 Å². The lowest BCUT2D eigenvalue weighted by Crippen LogP contribution is -2.34. The summed E-state index contributed by atoms with van der Waals surface area (Å²) in [5, 5.41) is 1.08. The molecule has 0 spiro atoms. The molecule has 29 heavy (non-hydrogen) atoms. The van der Waals surface area contributed by atoms with Gasteiger partial charge in [0.25, 0.3) is 0 Å². The van der Waals surface area contributed by atoms with Gasteiger partial charge in [0, 0.05) is 36.4 Å². The standard InChI is InChI=1S/C25H29N3O/c1-18-9-10-22-24(27-18)7-4-8-25(22)29-16-15-28-13-11-20(12-14-28)17-21-5-3-6-23(26)19(21)2/h3-10,17H,11-16,26H2,1-2H3. The second-order valence-corrected chi connectivity index (χ2v) is 7.83.